The number of aromatic nitrogens is 1. The summed E-state index contributed by atoms with van der Waals surface area (Å²) in [6.07, 6.45) is 3.88. The number of hydrogen-bond donors (Lipinski definition) is 1. The standard InChI is InChI=1S/C9H9NOS/c1-12-9-5-4-8(11-9)7-3-2-6-10-7/h2-6,10H,1H3. The monoisotopic (exact) mass is 179 g/mol. The molecule has 2 aromatic heterocycles. The van der Waals surface area contributed by atoms with Gasteiger partial charge in [0.25, 0.3) is 0 Å². The highest BCUT2D eigenvalue weighted by Crippen LogP contribution is 2.24. The minimum absolute atomic E-state index is 0.893. The first-order valence-corrected chi connectivity index (χ1v) is 4.90. The summed E-state index contributed by atoms with van der Waals surface area (Å²) in [4.78, 5) is 3.09. The van der Waals surface area contributed by atoms with Crippen molar-refractivity contribution in [1.82, 2.24) is 4.98 Å². The fourth-order valence-corrected chi connectivity index (χ4v) is 1.44. The lowest BCUT2D eigenvalue weighted by Crippen LogP contribution is -1.68. The fourth-order valence-electron chi connectivity index (χ4n) is 1.06. The van der Waals surface area contributed by atoms with Gasteiger partial charge in [-0.25, -0.2) is 0 Å². The lowest BCUT2D eigenvalue weighted by molar-refractivity contribution is 0.487. The second-order valence-electron chi connectivity index (χ2n) is 2.41. The van der Waals surface area contributed by atoms with Gasteiger partial charge >= 0.3 is 0 Å². The summed E-state index contributed by atoms with van der Waals surface area (Å²) in [6, 6.07) is 7.89. The van der Waals surface area contributed by atoms with Gasteiger partial charge in [-0.2, -0.15) is 0 Å². The molecule has 0 aliphatic carbocycles. The molecule has 0 fully saturated rings. The highest BCUT2D eigenvalue weighted by atomic mass is 32.2. The second kappa shape index (κ2) is 3.11. The van der Waals surface area contributed by atoms with E-state index in [1.165, 1.54) is 0 Å². The van der Waals surface area contributed by atoms with Crippen LogP contribution in [-0.2, 0) is 0 Å². The van der Waals surface area contributed by atoms with E-state index in [-0.39, 0.29) is 0 Å². The molecule has 0 amide bonds. The molecule has 2 heterocycles. The second-order valence-corrected chi connectivity index (χ2v) is 3.22. The number of furan rings is 1. The summed E-state index contributed by atoms with van der Waals surface area (Å²) < 4.78 is 5.51. The first kappa shape index (κ1) is 7.55. The van der Waals surface area contributed by atoms with E-state index < -0.39 is 0 Å². The third kappa shape index (κ3) is 1.28. The topological polar surface area (TPSA) is 28.9 Å². The molecule has 0 bridgehead atoms. The Morgan fingerprint density at radius 2 is 2.25 bits per heavy atom. The number of H-pyrrole nitrogens is 1. The molecule has 1 N–H and O–H groups in total. The van der Waals surface area contributed by atoms with E-state index >= 15 is 0 Å². The van der Waals surface area contributed by atoms with Crippen molar-refractivity contribution in [3.63, 3.8) is 0 Å². The summed E-state index contributed by atoms with van der Waals surface area (Å²) in [5.74, 6) is 0.893. The Morgan fingerprint density at radius 1 is 1.33 bits per heavy atom. The van der Waals surface area contributed by atoms with E-state index in [2.05, 4.69) is 4.98 Å². The van der Waals surface area contributed by atoms with E-state index in [9.17, 15) is 0 Å². The summed E-state index contributed by atoms with van der Waals surface area (Å²) in [6.45, 7) is 0. The van der Waals surface area contributed by atoms with Crippen molar-refractivity contribution in [2.24, 2.45) is 0 Å². The van der Waals surface area contributed by atoms with Crippen LogP contribution in [0.25, 0.3) is 11.5 Å². The molecule has 0 aromatic carbocycles. The molecule has 3 heteroatoms. The maximum Gasteiger partial charge on any atom is 0.160 e. The van der Waals surface area contributed by atoms with Crippen LogP contribution in [0.15, 0.2) is 40.0 Å². The average molecular weight is 179 g/mol. The summed E-state index contributed by atoms with van der Waals surface area (Å²) in [5.41, 5.74) is 1.02. The van der Waals surface area contributed by atoms with Gasteiger partial charge in [-0.15, -0.1) is 0 Å². The first-order chi connectivity index (χ1) is 5.90. The van der Waals surface area contributed by atoms with Crippen molar-refractivity contribution in [2.45, 2.75) is 5.09 Å². The van der Waals surface area contributed by atoms with Crippen molar-refractivity contribution in [3.8, 4) is 11.5 Å². The number of aromatic amines is 1. The Bertz CT molecular complexity index is 350. The smallest absolute Gasteiger partial charge is 0.160 e. The molecular formula is C9H9NOS. The quantitative estimate of drug-likeness (QED) is 0.718. The molecule has 2 rings (SSSR count). The van der Waals surface area contributed by atoms with Crippen LogP contribution in [0.5, 0.6) is 0 Å². The predicted octanol–water partition coefficient (Wildman–Crippen LogP) is 3.00. The van der Waals surface area contributed by atoms with Crippen LogP contribution in [0.2, 0.25) is 0 Å². The highest BCUT2D eigenvalue weighted by molar-refractivity contribution is 7.98. The van der Waals surface area contributed by atoms with Crippen LogP contribution in [-0.4, -0.2) is 11.2 Å². The SMILES string of the molecule is CSc1ccc(-c2ccc[nH]2)o1. The minimum atomic E-state index is 0.893. The number of hydrogen-bond acceptors (Lipinski definition) is 2. The van der Waals surface area contributed by atoms with Gasteiger partial charge in [0.15, 0.2) is 10.9 Å². The lowest BCUT2D eigenvalue weighted by atomic mass is 10.3. The minimum Gasteiger partial charge on any atom is -0.448 e. The van der Waals surface area contributed by atoms with Gasteiger partial charge in [0.05, 0.1) is 5.69 Å². The number of nitrogens with one attached hydrogen (secondary N) is 1. The van der Waals surface area contributed by atoms with E-state index in [4.69, 9.17) is 4.42 Å². The fraction of sp³-hybridized carbons (Fsp3) is 0.111. The van der Waals surface area contributed by atoms with Gasteiger partial charge in [-0.05, 0) is 30.5 Å². The van der Waals surface area contributed by atoms with E-state index in [1.807, 2.05) is 36.7 Å². The largest absolute Gasteiger partial charge is 0.448 e. The molecule has 0 atom stereocenters. The zero-order valence-electron chi connectivity index (χ0n) is 6.70. The molecule has 2 aromatic rings. The summed E-state index contributed by atoms with van der Waals surface area (Å²) in [7, 11) is 0. The zero-order chi connectivity index (χ0) is 8.39. The van der Waals surface area contributed by atoms with Crippen LogP contribution in [0, 0.1) is 0 Å². The average Bonchev–Trinajstić information content (AvgIpc) is 2.75. The number of rotatable bonds is 2. The summed E-state index contributed by atoms with van der Waals surface area (Å²) >= 11 is 1.61. The highest BCUT2D eigenvalue weighted by Gasteiger charge is 2.02. The van der Waals surface area contributed by atoms with Crippen LogP contribution in [0.4, 0.5) is 0 Å². The van der Waals surface area contributed by atoms with Crippen molar-refractivity contribution in [2.75, 3.05) is 6.26 Å². The van der Waals surface area contributed by atoms with Crippen LogP contribution in [0.3, 0.4) is 0 Å². The molecule has 12 heavy (non-hydrogen) atoms. The predicted molar refractivity (Wildman–Crippen MR) is 50.3 cm³/mol. The Morgan fingerprint density at radius 3 is 2.83 bits per heavy atom. The molecule has 0 aliphatic rings. The van der Waals surface area contributed by atoms with Gasteiger partial charge in [-0.3, -0.25) is 0 Å². The molecule has 0 saturated carbocycles. The van der Waals surface area contributed by atoms with Gasteiger partial charge < -0.3 is 9.40 Å². The third-order valence-corrected chi connectivity index (χ3v) is 2.27. The molecule has 0 unspecified atom stereocenters. The zero-order valence-corrected chi connectivity index (χ0v) is 7.52. The normalized spacial score (nSPS) is 10.4. The number of thioether (sulfide) groups is 1. The van der Waals surface area contributed by atoms with Crippen LogP contribution < -0.4 is 0 Å². The Hall–Kier alpha value is -1.09. The van der Waals surface area contributed by atoms with Crippen molar-refractivity contribution >= 4 is 11.8 Å². The molecular weight excluding hydrogens is 170 g/mol. The Balaban J connectivity index is 2.35. The van der Waals surface area contributed by atoms with E-state index in [0.29, 0.717) is 0 Å². The van der Waals surface area contributed by atoms with E-state index in [0.717, 1.165) is 16.5 Å². The van der Waals surface area contributed by atoms with Crippen molar-refractivity contribution < 1.29 is 4.42 Å². The van der Waals surface area contributed by atoms with Crippen molar-refractivity contribution in [3.05, 3.63) is 30.5 Å². The molecule has 0 radical (unpaired) electrons. The molecule has 62 valence electrons. The van der Waals surface area contributed by atoms with Gasteiger partial charge in [0.1, 0.15) is 0 Å². The van der Waals surface area contributed by atoms with Crippen LogP contribution in [0.1, 0.15) is 0 Å². The maximum atomic E-state index is 5.51. The lowest BCUT2D eigenvalue weighted by Gasteiger charge is -1.90. The molecule has 0 saturated heterocycles. The maximum absolute atomic E-state index is 5.51. The Labute approximate surface area is 75.0 Å². The third-order valence-electron chi connectivity index (χ3n) is 1.65. The summed E-state index contributed by atoms with van der Waals surface area (Å²) in [5, 5.41) is 0.944. The molecule has 2 nitrogen and oxygen atoms in total. The molecule has 0 aliphatic heterocycles. The van der Waals surface area contributed by atoms with Gasteiger partial charge in [-0.1, -0.05) is 11.8 Å². The van der Waals surface area contributed by atoms with Crippen molar-refractivity contribution in [1.29, 1.82) is 0 Å². The Kier molecular flexibility index (Phi) is 1.96. The van der Waals surface area contributed by atoms with Crippen LogP contribution >= 0.6 is 11.8 Å². The van der Waals surface area contributed by atoms with Gasteiger partial charge in [0.2, 0.25) is 0 Å². The first-order valence-electron chi connectivity index (χ1n) is 3.68. The molecule has 0 spiro atoms. The van der Waals surface area contributed by atoms with Gasteiger partial charge in [0, 0.05) is 6.20 Å². The van der Waals surface area contributed by atoms with E-state index in [1.54, 1.807) is 11.8 Å².